The number of methoxy groups -OCH3 is 1. The minimum Gasteiger partial charge on any atom is -0.493 e. The summed E-state index contributed by atoms with van der Waals surface area (Å²) in [6.45, 7) is 4.24. The van der Waals surface area contributed by atoms with Crippen LogP contribution in [0.4, 0.5) is 5.69 Å². The lowest BCUT2D eigenvalue weighted by molar-refractivity contribution is 0.331. The fourth-order valence-corrected chi connectivity index (χ4v) is 2.36. The van der Waals surface area contributed by atoms with Gasteiger partial charge in [0.25, 0.3) is 0 Å². The van der Waals surface area contributed by atoms with E-state index in [1.165, 1.54) is 5.56 Å². The van der Waals surface area contributed by atoms with Gasteiger partial charge in [0.1, 0.15) is 6.61 Å². The van der Waals surface area contributed by atoms with E-state index in [0.717, 1.165) is 16.8 Å². The van der Waals surface area contributed by atoms with Crippen LogP contribution < -0.4 is 9.47 Å². The van der Waals surface area contributed by atoms with Crippen LogP contribution in [0.2, 0.25) is 5.02 Å². The van der Waals surface area contributed by atoms with Gasteiger partial charge in [0.05, 0.1) is 17.8 Å². The zero-order valence-electron chi connectivity index (χ0n) is 13.4. The molecule has 118 valence electrons. The molecular weight excluding hydrogens is 310 g/mol. The number of nitrogens with zero attached hydrogens (tertiary/aromatic N) is 1. The second-order valence-corrected chi connectivity index (χ2v) is 5.41. The van der Waals surface area contributed by atoms with Crippen LogP contribution in [-0.2, 0) is 0 Å². The molecule has 2 aromatic carbocycles. The standard InChI is InChI=1S/C19H18ClNO2/c1-5-9-23-19-16(20)10-15(11-18(19)22-4)12-21-17-8-6-7-13(2)14(17)3/h1,6-8,10-12H,9H2,2-4H3. The summed E-state index contributed by atoms with van der Waals surface area (Å²) in [4.78, 5) is 4.53. The van der Waals surface area contributed by atoms with Crippen LogP contribution in [0.15, 0.2) is 35.3 Å². The van der Waals surface area contributed by atoms with Crippen LogP contribution in [0.25, 0.3) is 0 Å². The first kappa shape index (κ1) is 16.9. The summed E-state index contributed by atoms with van der Waals surface area (Å²) < 4.78 is 10.7. The fourth-order valence-electron chi connectivity index (χ4n) is 2.09. The molecule has 0 saturated heterocycles. The maximum absolute atomic E-state index is 6.25. The largest absolute Gasteiger partial charge is 0.493 e. The lowest BCUT2D eigenvalue weighted by Crippen LogP contribution is -1.98. The molecule has 23 heavy (non-hydrogen) atoms. The van der Waals surface area contributed by atoms with E-state index < -0.39 is 0 Å². The van der Waals surface area contributed by atoms with Crippen molar-refractivity contribution in [3.8, 4) is 23.8 Å². The lowest BCUT2D eigenvalue weighted by Gasteiger charge is -2.11. The third kappa shape index (κ3) is 4.06. The van der Waals surface area contributed by atoms with Gasteiger partial charge in [0.2, 0.25) is 0 Å². The van der Waals surface area contributed by atoms with Gasteiger partial charge in [-0.1, -0.05) is 29.7 Å². The number of hydrogen-bond acceptors (Lipinski definition) is 3. The van der Waals surface area contributed by atoms with Crippen molar-refractivity contribution in [2.45, 2.75) is 13.8 Å². The second kappa shape index (κ2) is 7.71. The summed E-state index contributed by atoms with van der Waals surface area (Å²) in [6.07, 6.45) is 6.96. The monoisotopic (exact) mass is 327 g/mol. The molecule has 0 N–H and O–H groups in total. The Morgan fingerprint density at radius 2 is 2.09 bits per heavy atom. The molecule has 0 aromatic heterocycles. The molecule has 2 aromatic rings. The normalized spacial score (nSPS) is 10.6. The number of rotatable bonds is 5. The average Bonchev–Trinajstić information content (AvgIpc) is 2.54. The highest BCUT2D eigenvalue weighted by Crippen LogP contribution is 2.36. The maximum atomic E-state index is 6.25. The quantitative estimate of drug-likeness (QED) is 0.587. The molecule has 0 aliphatic carbocycles. The minimum absolute atomic E-state index is 0.131. The van der Waals surface area contributed by atoms with Crippen LogP contribution >= 0.6 is 11.6 Å². The molecule has 4 heteroatoms. The molecule has 0 saturated carbocycles. The van der Waals surface area contributed by atoms with Crippen molar-refractivity contribution in [1.29, 1.82) is 0 Å². The van der Waals surface area contributed by atoms with Gasteiger partial charge in [0, 0.05) is 6.21 Å². The maximum Gasteiger partial charge on any atom is 0.181 e. The molecule has 2 rings (SSSR count). The van der Waals surface area contributed by atoms with E-state index in [-0.39, 0.29) is 6.61 Å². The first-order chi connectivity index (χ1) is 11.1. The van der Waals surface area contributed by atoms with E-state index in [4.69, 9.17) is 27.5 Å². The van der Waals surface area contributed by atoms with Gasteiger partial charge in [-0.2, -0.15) is 0 Å². The van der Waals surface area contributed by atoms with Crippen LogP contribution in [0, 0.1) is 26.2 Å². The van der Waals surface area contributed by atoms with Crippen LogP contribution in [0.5, 0.6) is 11.5 Å². The Bertz CT molecular complexity index is 776. The van der Waals surface area contributed by atoms with Gasteiger partial charge < -0.3 is 9.47 Å². The summed E-state index contributed by atoms with van der Waals surface area (Å²) in [5.41, 5.74) is 4.10. The highest BCUT2D eigenvalue weighted by Gasteiger charge is 2.11. The van der Waals surface area contributed by atoms with Crippen molar-refractivity contribution in [1.82, 2.24) is 0 Å². The molecule has 3 nitrogen and oxygen atoms in total. The Hall–Kier alpha value is -2.44. The lowest BCUT2D eigenvalue weighted by atomic mass is 10.1. The molecule has 0 fully saturated rings. The van der Waals surface area contributed by atoms with Gasteiger partial charge in [-0.3, -0.25) is 4.99 Å². The van der Waals surface area contributed by atoms with E-state index in [9.17, 15) is 0 Å². The molecule has 0 aliphatic rings. The van der Waals surface area contributed by atoms with Crippen molar-refractivity contribution in [3.63, 3.8) is 0 Å². The molecule has 0 heterocycles. The van der Waals surface area contributed by atoms with Crippen molar-refractivity contribution < 1.29 is 9.47 Å². The minimum atomic E-state index is 0.131. The van der Waals surface area contributed by atoms with Gasteiger partial charge in [-0.15, -0.1) is 6.42 Å². The summed E-state index contributed by atoms with van der Waals surface area (Å²) in [5.74, 6) is 3.37. The summed E-state index contributed by atoms with van der Waals surface area (Å²) in [7, 11) is 1.56. The van der Waals surface area contributed by atoms with E-state index in [2.05, 4.69) is 23.9 Å². The fraction of sp³-hybridized carbons (Fsp3) is 0.211. The number of hydrogen-bond donors (Lipinski definition) is 0. The van der Waals surface area contributed by atoms with Gasteiger partial charge in [0.15, 0.2) is 11.5 Å². The van der Waals surface area contributed by atoms with Crippen molar-refractivity contribution in [2.75, 3.05) is 13.7 Å². The predicted molar refractivity (Wildman–Crippen MR) is 95.5 cm³/mol. The SMILES string of the molecule is C#CCOc1c(Cl)cc(C=Nc2cccc(C)c2C)cc1OC. The Labute approximate surface area is 141 Å². The Morgan fingerprint density at radius 1 is 1.30 bits per heavy atom. The highest BCUT2D eigenvalue weighted by atomic mass is 35.5. The van der Waals surface area contributed by atoms with E-state index >= 15 is 0 Å². The molecule has 0 unspecified atom stereocenters. The zero-order chi connectivity index (χ0) is 16.8. The number of terminal acetylenes is 1. The molecule has 0 amide bonds. The Morgan fingerprint density at radius 3 is 2.78 bits per heavy atom. The van der Waals surface area contributed by atoms with Crippen LogP contribution in [-0.4, -0.2) is 19.9 Å². The summed E-state index contributed by atoms with van der Waals surface area (Å²) >= 11 is 6.25. The van der Waals surface area contributed by atoms with Crippen molar-refractivity contribution in [3.05, 3.63) is 52.0 Å². The smallest absolute Gasteiger partial charge is 0.181 e. The van der Waals surface area contributed by atoms with E-state index in [1.54, 1.807) is 19.4 Å². The first-order valence-corrected chi connectivity index (χ1v) is 7.48. The predicted octanol–water partition coefficient (Wildman–Crippen LogP) is 4.73. The summed E-state index contributed by atoms with van der Waals surface area (Å²) in [5, 5.41) is 0.432. The topological polar surface area (TPSA) is 30.8 Å². The van der Waals surface area contributed by atoms with Gasteiger partial charge in [-0.05, 0) is 48.7 Å². The van der Waals surface area contributed by atoms with Crippen LogP contribution in [0.3, 0.4) is 0 Å². The average molecular weight is 328 g/mol. The molecule has 0 atom stereocenters. The van der Waals surface area contributed by atoms with E-state index in [1.807, 2.05) is 25.1 Å². The van der Waals surface area contributed by atoms with Gasteiger partial charge >= 0.3 is 0 Å². The van der Waals surface area contributed by atoms with Crippen molar-refractivity contribution in [2.24, 2.45) is 4.99 Å². The van der Waals surface area contributed by atoms with Crippen molar-refractivity contribution >= 4 is 23.5 Å². The van der Waals surface area contributed by atoms with Gasteiger partial charge in [-0.25, -0.2) is 0 Å². The van der Waals surface area contributed by atoms with Crippen LogP contribution in [0.1, 0.15) is 16.7 Å². The zero-order valence-corrected chi connectivity index (χ0v) is 14.1. The number of ether oxygens (including phenoxy) is 2. The third-order valence-corrected chi connectivity index (χ3v) is 3.76. The number of aryl methyl sites for hydroxylation is 1. The molecule has 0 bridgehead atoms. The Balaban J connectivity index is 2.34. The molecular formula is C19H18ClNO2. The molecule has 0 aliphatic heterocycles. The molecule has 0 radical (unpaired) electrons. The highest BCUT2D eigenvalue weighted by molar-refractivity contribution is 6.32. The number of benzene rings is 2. The van der Waals surface area contributed by atoms with E-state index in [0.29, 0.717) is 16.5 Å². The first-order valence-electron chi connectivity index (χ1n) is 7.11. The Kier molecular flexibility index (Phi) is 5.67. The molecule has 0 spiro atoms. The number of halogens is 1. The third-order valence-electron chi connectivity index (χ3n) is 3.48. The second-order valence-electron chi connectivity index (χ2n) is 5.00. The summed E-state index contributed by atoms with van der Waals surface area (Å²) in [6, 6.07) is 9.60. The number of aliphatic imine (C=N–C) groups is 1.